The molecule has 0 spiro atoms. The molecule has 1 heterocycles. The van der Waals surface area contributed by atoms with Crippen molar-refractivity contribution in [3.63, 3.8) is 0 Å². The van der Waals surface area contributed by atoms with Crippen LogP contribution in [0.3, 0.4) is 0 Å². The SMILES string of the molecule is CCCn1cc(OCc2ccccc2Br)c(=O)n(CCC)c1=O. The van der Waals surface area contributed by atoms with E-state index in [1.807, 2.05) is 38.1 Å². The molecule has 1 aromatic heterocycles. The number of rotatable bonds is 7. The van der Waals surface area contributed by atoms with Gasteiger partial charge in [-0.3, -0.25) is 13.9 Å². The molecule has 0 fully saturated rings. The zero-order valence-corrected chi connectivity index (χ0v) is 15.0. The van der Waals surface area contributed by atoms with E-state index in [1.54, 1.807) is 4.57 Å². The van der Waals surface area contributed by atoms with Crippen LogP contribution in [0.15, 0.2) is 44.5 Å². The smallest absolute Gasteiger partial charge is 0.331 e. The first-order chi connectivity index (χ1) is 11.1. The predicted molar refractivity (Wildman–Crippen MR) is 94.0 cm³/mol. The summed E-state index contributed by atoms with van der Waals surface area (Å²) in [6, 6.07) is 7.68. The molecular formula is C17H21BrN2O3. The Bertz CT molecular complexity index is 780. The number of hydrogen-bond donors (Lipinski definition) is 0. The maximum absolute atomic E-state index is 12.5. The highest BCUT2D eigenvalue weighted by Crippen LogP contribution is 2.17. The molecule has 0 aliphatic rings. The average molecular weight is 381 g/mol. The molecule has 0 N–H and O–H groups in total. The molecule has 1 aromatic carbocycles. The second-order valence-corrected chi connectivity index (χ2v) is 6.16. The molecule has 23 heavy (non-hydrogen) atoms. The fraction of sp³-hybridized carbons (Fsp3) is 0.412. The molecule has 2 aromatic rings. The monoisotopic (exact) mass is 380 g/mol. The first kappa shape index (κ1) is 17.5. The van der Waals surface area contributed by atoms with Crippen LogP contribution < -0.4 is 16.0 Å². The number of benzene rings is 1. The van der Waals surface area contributed by atoms with Crippen molar-refractivity contribution in [3.8, 4) is 5.75 Å². The third-order valence-electron chi connectivity index (χ3n) is 3.46. The quantitative estimate of drug-likeness (QED) is 0.740. The van der Waals surface area contributed by atoms with Crippen molar-refractivity contribution >= 4 is 15.9 Å². The van der Waals surface area contributed by atoms with Crippen molar-refractivity contribution in [3.05, 3.63) is 61.3 Å². The second-order valence-electron chi connectivity index (χ2n) is 5.31. The molecule has 0 radical (unpaired) electrons. The lowest BCUT2D eigenvalue weighted by Gasteiger charge is -2.13. The Morgan fingerprint density at radius 3 is 2.43 bits per heavy atom. The molecule has 0 amide bonds. The number of halogens is 1. The Balaban J connectivity index is 2.35. The highest BCUT2D eigenvalue weighted by Gasteiger charge is 2.12. The molecule has 0 unspecified atom stereocenters. The predicted octanol–water partition coefficient (Wildman–Crippen LogP) is 3.17. The summed E-state index contributed by atoms with van der Waals surface area (Å²) in [5, 5.41) is 0. The molecule has 0 saturated heterocycles. The highest BCUT2D eigenvalue weighted by atomic mass is 79.9. The Hall–Kier alpha value is -1.82. The van der Waals surface area contributed by atoms with E-state index < -0.39 is 0 Å². The van der Waals surface area contributed by atoms with Gasteiger partial charge in [0.25, 0.3) is 5.56 Å². The van der Waals surface area contributed by atoms with Gasteiger partial charge < -0.3 is 4.74 Å². The van der Waals surface area contributed by atoms with Gasteiger partial charge in [-0.15, -0.1) is 0 Å². The van der Waals surface area contributed by atoms with Gasteiger partial charge in [0.15, 0.2) is 0 Å². The normalized spacial score (nSPS) is 10.7. The first-order valence-corrected chi connectivity index (χ1v) is 8.58. The van der Waals surface area contributed by atoms with Crippen LogP contribution in [0.1, 0.15) is 32.3 Å². The van der Waals surface area contributed by atoms with E-state index in [1.165, 1.54) is 10.8 Å². The van der Waals surface area contributed by atoms with Crippen molar-refractivity contribution in [1.29, 1.82) is 0 Å². The zero-order valence-electron chi connectivity index (χ0n) is 13.4. The van der Waals surface area contributed by atoms with Gasteiger partial charge in [0.1, 0.15) is 6.61 Å². The average Bonchev–Trinajstić information content (AvgIpc) is 2.54. The summed E-state index contributed by atoms with van der Waals surface area (Å²) in [5.41, 5.74) is 0.311. The van der Waals surface area contributed by atoms with Gasteiger partial charge in [-0.2, -0.15) is 0 Å². The van der Waals surface area contributed by atoms with Crippen molar-refractivity contribution in [2.45, 2.75) is 46.4 Å². The standard InChI is InChI=1S/C17H21BrN2O3/c1-3-9-19-11-15(16(21)20(10-4-2)17(19)22)23-12-13-7-5-6-8-14(13)18/h5-8,11H,3-4,9-10,12H2,1-2H3. The van der Waals surface area contributed by atoms with Gasteiger partial charge >= 0.3 is 5.69 Å². The summed E-state index contributed by atoms with van der Waals surface area (Å²) in [6.07, 6.45) is 3.06. The van der Waals surface area contributed by atoms with Gasteiger partial charge in [0, 0.05) is 23.1 Å². The minimum Gasteiger partial charge on any atom is -0.482 e. The number of aryl methyl sites for hydroxylation is 1. The van der Waals surface area contributed by atoms with Gasteiger partial charge in [0.05, 0.1) is 6.20 Å². The number of nitrogens with zero attached hydrogens (tertiary/aromatic N) is 2. The minimum absolute atomic E-state index is 0.210. The Morgan fingerprint density at radius 2 is 1.78 bits per heavy atom. The molecule has 0 aliphatic heterocycles. The van der Waals surface area contributed by atoms with Crippen LogP contribution in [-0.2, 0) is 19.7 Å². The van der Waals surface area contributed by atoms with E-state index in [2.05, 4.69) is 15.9 Å². The van der Waals surface area contributed by atoms with Crippen molar-refractivity contribution in [1.82, 2.24) is 9.13 Å². The van der Waals surface area contributed by atoms with Gasteiger partial charge in [-0.25, -0.2) is 4.79 Å². The van der Waals surface area contributed by atoms with E-state index in [0.29, 0.717) is 13.1 Å². The first-order valence-electron chi connectivity index (χ1n) is 7.79. The summed E-state index contributed by atoms with van der Waals surface area (Å²) in [6.45, 7) is 5.16. The van der Waals surface area contributed by atoms with E-state index in [0.717, 1.165) is 22.9 Å². The van der Waals surface area contributed by atoms with Crippen molar-refractivity contribution in [2.24, 2.45) is 0 Å². The third-order valence-corrected chi connectivity index (χ3v) is 4.23. The maximum atomic E-state index is 12.5. The van der Waals surface area contributed by atoms with Crippen molar-refractivity contribution in [2.75, 3.05) is 0 Å². The van der Waals surface area contributed by atoms with Crippen LogP contribution in [-0.4, -0.2) is 9.13 Å². The number of aromatic nitrogens is 2. The molecular weight excluding hydrogens is 360 g/mol. The van der Waals surface area contributed by atoms with Crippen LogP contribution in [0.25, 0.3) is 0 Å². The van der Waals surface area contributed by atoms with Crippen LogP contribution in [0.5, 0.6) is 5.75 Å². The summed E-state index contributed by atoms with van der Waals surface area (Å²) < 4.78 is 9.44. The zero-order chi connectivity index (χ0) is 16.8. The fourth-order valence-corrected chi connectivity index (χ4v) is 2.72. The molecule has 124 valence electrons. The highest BCUT2D eigenvalue weighted by molar-refractivity contribution is 9.10. The molecule has 2 rings (SSSR count). The summed E-state index contributed by atoms with van der Waals surface area (Å²) in [5.74, 6) is 0.210. The maximum Gasteiger partial charge on any atom is 0.331 e. The molecule has 0 aliphatic carbocycles. The van der Waals surface area contributed by atoms with E-state index >= 15 is 0 Å². The third kappa shape index (κ3) is 4.13. The van der Waals surface area contributed by atoms with E-state index in [-0.39, 0.29) is 23.6 Å². The Morgan fingerprint density at radius 1 is 1.09 bits per heavy atom. The van der Waals surface area contributed by atoms with E-state index in [4.69, 9.17) is 4.74 Å². The van der Waals surface area contributed by atoms with Crippen LogP contribution in [0.4, 0.5) is 0 Å². The van der Waals surface area contributed by atoms with Crippen LogP contribution in [0.2, 0.25) is 0 Å². The van der Waals surface area contributed by atoms with E-state index in [9.17, 15) is 9.59 Å². The summed E-state index contributed by atoms with van der Waals surface area (Å²) in [4.78, 5) is 24.8. The van der Waals surface area contributed by atoms with Crippen LogP contribution >= 0.6 is 15.9 Å². The van der Waals surface area contributed by atoms with Crippen molar-refractivity contribution < 1.29 is 4.74 Å². The molecule has 0 atom stereocenters. The number of ether oxygens (including phenoxy) is 1. The topological polar surface area (TPSA) is 53.2 Å². The molecule has 5 nitrogen and oxygen atoms in total. The molecule has 6 heteroatoms. The molecule has 0 saturated carbocycles. The van der Waals surface area contributed by atoms with Gasteiger partial charge in [-0.05, 0) is 18.9 Å². The number of hydrogen-bond acceptors (Lipinski definition) is 3. The largest absolute Gasteiger partial charge is 0.482 e. The van der Waals surface area contributed by atoms with Gasteiger partial charge in [-0.1, -0.05) is 48.0 Å². The lowest BCUT2D eigenvalue weighted by atomic mass is 10.2. The minimum atomic E-state index is -0.365. The lowest BCUT2D eigenvalue weighted by Crippen LogP contribution is -2.40. The summed E-state index contributed by atoms with van der Waals surface area (Å²) in [7, 11) is 0. The second kappa shape index (κ2) is 8.15. The molecule has 0 bridgehead atoms. The fourth-order valence-electron chi connectivity index (χ4n) is 2.32. The summed E-state index contributed by atoms with van der Waals surface area (Å²) >= 11 is 3.46. The lowest BCUT2D eigenvalue weighted by molar-refractivity contribution is 0.291. The van der Waals surface area contributed by atoms with Gasteiger partial charge in [0.2, 0.25) is 5.75 Å². The Kier molecular flexibility index (Phi) is 6.21. The van der Waals surface area contributed by atoms with Crippen LogP contribution in [0, 0.1) is 0 Å². The Labute approximate surface area is 143 Å².